The van der Waals surface area contributed by atoms with Crippen LogP contribution in [0.1, 0.15) is 277 Å². The zero-order valence-electron chi connectivity index (χ0n) is 44.7. The molecule has 0 radical (unpaired) electrons. The molecule has 380 valence electrons. The van der Waals surface area contributed by atoms with Gasteiger partial charge in [-0.25, -0.2) is 19.9 Å². The Morgan fingerprint density at radius 2 is 0.667 bits per heavy atom. The molecule has 0 bridgehead atoms. The molecule has 0 unspecified atom stereocenters. The van der Waals surface area contributed by atoms with E-state index in [1.165, 1.54) is 226 Å². The molecule has 2 aliphatic carbocycles. The van der Waals surface area contributed by atoms with E-state index >= 15 is 0 Å². The van der Waals surface area contributed by atoms with Crippen molar-refractivity contribution in [3.8, 4) is 11.5 Å². The highest BCUT2D eigenvalue weighted by Gasteiger charge is 2.27. The van der Waals surface area contributed by atoms with E-state index < -0.39 is 0 Å². The van der Waals surface area contributed by atoms with Crippen LogP contribution in [0.25, 0.3) is 0 Å². The van der Waals surface area contributed by atoms with Crippen LogP contribution in [0.5, 0.6) is 11.5 Å². The topological polar surface area (TPSA) is 60.8 Å². The molecule has 2 fully saturated rings. The van der Waals surface area contributed by atoms with Gasteiger partial charge in [0, 0.05) is 36.6 Å². The number of hydrogen-bond donors (Lipinski definition) is 0. The minimum Gasteiger partial charge on any atom is -0.457 e. The number of hydrogen-bond acceptors (Lipinski definition) is 5. The fourth-order valence-corrected chi connectivity index (χ4v) is 11.6. The van der Waals surface area contributed by atoms with Gasteiger partial charge in [0.15, 0.2) is 0 Å². The van der Waals surface area contributed by atoms with Gasteiger partial charge < -0.3 is 4.74 Å². The van der Waals surface area contributed by atoms with Crippen molar-refractivity contribution in [3.63, 3.8) is 0 Å². The molecule has 2 saturated carbocycles. The minimum atomic E-state index is 0.477. The van der Waals surface area contributed by atoms with Crippen LogP contribution in [0.15, 0.2) is 61.2 Å². The second-order valence-corrected chi connectivity index (χ2v) is 22.1. The average molecular weight is 940 g/mol. The maximum absolute atomic E-state index is 7.25. The van der Waals surface area contributed by atoms with Gasteiger partial charge in [-0.1, -0.05) is 168 Å². The standard InChI is InChI=1S/C64H98N4O/c1-5-9-13-15-17-19-21-25-27-51-35-41-61(59(43-51)45-53-31-37-57(38-32-53)63-65-47-55(48-66-63)29-23-11-7-3)69-62-42-36-52(28-26-22-20-18-16-14-10-6-2)44-60(62)46-54-33-39-58(40-34-54)64-67-49-56(50-68-64)30-24-12-8-4/h35-36,41-44,47-50,53-54,57-58H,5-34,37-40,45-46H2,1-4H3. The molecule has 4 aromatic rings. The van der Waals surface area contributed by atoms with Gasteiger partial charge in [0.1, 0.15) is 23.1 Å². The molecule has 5 nitrogen and oxygen atoms in total. The highest BCUT2D eigenvalue weighted by atomic mass is 16.5. The van der Waals surface area contributed by atoms with Gasteiger partial charge in [-0.2, -0.15) is 0 Å². The van der Waals surface area contributed by atoms with E-state index in [4.69, 9.17) is 24.7 Å². The van der Waals surface area contributed by atoms with E-state index in [1.54, 1.807) is 0 Å². The Kier molecular flexibility index (Phi) is 25.7. The lowest BCUT2D eigenvalue weighted by atomic mass is 9.78. The first-order valence-electron chi connectivity index (χ1n) is 29.6. The van der Waals surface area contributed by atoms with Crippen LogP contribution < -0.4 is 4.74 Å². The predicted molar refractivity (Wildman–Crippen MR) is 293 cm³/mol. The molecule has 0 atom stereocenters. The summed E-state index contributed by atoms with van der Waals surface area (Å²) in [4.78, 5) is 19.6. The first-order valence-corrected chi connectivity index (χ1v) is 29.6. The molecule has 5 heteroatoms. The SMILES string of the molecule is CCCCCCCCCCc1ccc(Oc2ccc(CCCCCCCCCC)cc2CC2CCC(c3ncc(CCCCC)cn3)CC2)c(CC2CCC(c3ncc(CCCCC)cn3)CC2)c1. The Hall–Kier alpha value is -3.60. The van der Waals surface area contributed by atoms with Crippen molar-refractivity contribution in [2.45, 2.75) is 271 Å². The number of aryl methyl sites for hydroxylation is 4. The Labute approximate surface area is 423 Å². The number of nitrogens with zero attached hydrogens (tertiary/aromatic N) is 4. The molecule has 0 N–H and O–H groups in total. The summed E-state index contributed by atoms with van der Waals surface area (Å²) < 4.78 is 7.25. The van der Waals surface area contributed by atoms with E-state index in [0.29, 0.717) is 23.7 Å². The minimum absolute atomic E-state index is 0.477. The van der Waals surface area contributed by atoms with Crippen molar-refractivity contribution in [1.82, 2.24) is 19.9 Å². The van der Waals surface area contributed by atoms with E-state index in [9.17, 15) is 0 Å². The number of benzene rings is 2. The lowest BCUT2D eigenvalue weighted by Gasteiger charge is -2.29. The molecule has 0 aliphatic heterocycles. The third-order valence-corrected chi connectivity index (χ3v) is 16.1. The fourth-order valence-electron chi connectivity index (χ4n) is 11.6. The van der Waals surface area contributed by atoms with E-state index in [0.717, 1.165) is 61.7 Å². The number of ether oxygens (including phenoxy) is 1. The quantitative estimate of drug-likeness (QED) is 0.0437. The maximum Gasteiger partial charge on any atom is 0.131 e. The summed E-state index contributed by atoms with van der Waals surface area (Å²) in [7, 11) is 0. The molecule has 69 heavy (non-hydrogen) atoms. The average Bonchev–Trinajstić information content (AvgIpc) is 3.38. The molecule has 0 saturated heterocycles. The molecule has 0 spiro atoms. The van der Waals surface area contributed by atoms with Crippen LogP contribution >= 0.6 is 0 Å². The molecule has 2 heterocycles. The molecule has 6 rings (SSSR count). The van der Waals surface area contributed by atoms with Crippen LogP contribution in [-0.4, -0.2) is 19.9 Å². The zero-order valence-corrected chi connectivity index (χ0v) is 44.7. The lowest BCUT2D eigenvalue weighted by Crippen LogP contribution is -2.18. The second kappa shape index (κ2) is 32.4. The zero-order chi connectivity index (χ0) is 48.1. The molecule has 2 aromatic carbocycles. The number of aromatic nitrogens is 4. The van der Waals surface area contributed by atoms with E-state index in [1.807, 2.05) is 0 Å². The molecule has 2 aromatic heterocycles. The van der Waals surface area contributed by atoms with Gasteiger partial charge in [-0.05, 0) is 173 Å². The van der Waals surface area contributed by atoms with Crippen LogP contribution in [-0.2, 0) is 38.5 Å². The van der Waals surface area contributed by atoms with Crippen LogP contribution in [0.2, 0.25) is 0 Å². The first-order chi connectivity index (χ1) is 34.0. The summed E-state index contributed by atoms with van der Waals surface area (Å²) in [6.45, 7) is 9.16. The van der Waals surface area contributed by atoms with Crippen LogP contribution in [0, 0.1) is 11.8 Å². The summed E-state index contributed by atoms with van der Waals surface area (Å²) in [5.74, 6) is 6.55. The Morgan fingerprint density at radius 3 is 1.03 bits per heavy atom. The maximum atomic E-state index is 7.25. The summed E-state index contributed by atoms with van der Waals surface area (Å²) >= 11 is 0. The van der Waals surface area contributed by atoms with Crippen molar-refractivity contribution in [1.29, 1.82) is 0 Å². The van der Waals surface area contributed by atoms with Gasteiger partial charge in [-0.15, -0.1) is 0 Å². The smallest absolute Gasteiger partial charge is 0.131 e. The summed E-state index contributed by atoms with van der Waals surface area (Å²) in [6.07, 6.45) is 54.0. The third-order valence-electron chi connectivity index (χ3n) is 16.1. The predicted octanol–water partition coefficient (Wildman–Crippen LogP) is 18.9. The Bertz CT molecular complexity index is 1800. The second-order valence-electron chi connectivity index (χ2n) is 22.1. The van der Waals surface area contributed by atoms with Crippen molar-refractivity contribution in [2.24, 2.45) is 11.8 Å². The van der Waals surface area contributed by atoms with Gasteiger partial charge in [0.05, 0.1) is 0 Å². The van der Waals surface area contributed by atoms with Crippen LogP contribution in [0.3, 0.4) is 0 Å². The van der Waals surface area contributed by atoms with Gasteiger partial charge in [0.2, 0.25) is 0 Å². The fraction of sp³-hybridized carbons (Fsp3) is 0.688. The molecular formula is C64H98N4O. The van der Waals surface area contributed by atoms with Gasteiger partial charge in [0.25, 0.3) is 0 Å². The molecule has 2 aliphatic rings. The molecule has 0 amide bonds. The van der Waals surface area contributed by atoms with Crippen molar-refractivity contribution >= 4 is 0 Å². The first kappa shape index (κ1) is 54.7. The summed E-state index contributed by atoms with van der Waals surface area (Å²) in [5.41, 5.74) is 8.37. The van der Waals surface area contributed by atoms with E-state index in [-0.39, 0.29) is 0 Å². The van der Waals surface area contributed by atoms with E-state index in [2.05, 4.69) is 88.9 Å². The summed E-state index contributed by atoms with van der Waals surface area (Å²) in [6, 6.07) is 14.5. The monoisotopic (exact) mass is 939 g/mol. The number of rotatable bonds is 34. The van der Waals surface area contributed by atoms with Crippen molar-refractivity contribution < 1.29 is 4.74 Å². The Morgan fingerprint density at radius 1 is 0.362 bits per heavy atom. The largest absolute Gasteiger partial charge is 0.457 e. The third kappa shape index (κ3) is 19.8. The van der Waals surface area contributed by atoms with Gasteiger partial charge in [-0.3, -0.25) is 0 Å². The highest BCUT2D eigenvalue weighted by molar-refractivity contribution is 5.45. The van der Waals surface area contributed by atoms with Gasteiger partial charge >= 0.3 is 0 Å². The highest BCUT2D eigenvalue weighted by Crippen LogP contribution is 2.41. The molecular weight excluding hydrogens is 841 g/mol. The normalized spacial score (nSPS) is 18.4. The lowest BCUT2D eigenvalue weighted by molar-refractivity contribution is 0.312. The van der Waals surface area contributed by atoms with Crippen molar-refractivity contribution in [2.75, 3.05) is 0 Å². The number of unbranched alkanes of at least 4 members (excludes halogenated alkanes) is 18. The summed E-state index contributed by atoms with van der Waals surface area (Å²) in [5, 5.41) is 0. The Balaban J connectivity index is 1.13. The van der Waals surface area contributed by atoms with Crippen molar-refractivity contribution in [3.05, 3.63) is 106 Å². The van der Waals surface area contributed by atoms with Crippen LogP contribution in [0.4, 0.5) is 0 Å².